The number of ether oxygens (including phenoxy) is 1. The third-order valence-corrected chi connectivity index (χ3v) is 1.67. The summed E-state index contributed by atoms with van der Waals surface area (Å²) in [7, 11) is 1.59. The quantitative estimate of drug-likeness (QED) is 0.636. The van der Waals surface area contributed by atoms with Crippen LogP contribution in [0.5, 0.6) is 5.88 Å². The molecule has 0 aliphatic rings. The first-order valence-corrected chi connectivity index (χ1v) is 3.65. The number of hydrogen-bond donors (Lipinski definition) is 0. The van der Waals surface area contributed by atoms with E-state index in [-0.39, 0.29) is 0 Å². The van der Waals surface area contributed by atoms with E-state index in [2.05, 4.69) is 9.97 Å². The molecule has 0 N–H and O–H groups in total. The smallest absolute Gasteiger partial charge is 0.215 e. The first-order chi connectivity index (χ1) is 5.90. The maximum atomic E-state index is 4.97. The molecule has 0 unspecified atom stereocenters. The van der Waals surface area contributed by atoms with Crippen LogP contribution in [0.3, 0.4) is 0 Å². The van der Waals surface area contributed by atoms with Gasteiger partial charge in [0.05, 0.1) is 12.6 Å². The number of fused-ring (bicyclic) bond motifs is 1. The maximum absolute atomic E-state index is 4.97. The van der Waals surface area contributed by atoms with Crippen LogP contribution >= 0.6 is 0 Å². The molecular weight excluding hydrogens is 152 g/mol. The van der Waals surface area contributed by atoms with Crippen molar-refractivity contribution >= 4 is 10.9 Å². The Hall–Kier alpha value is -1.64. The molecule has 3 nitrogen and oxygen atoms in total. The molecule has 0 fully saturated rings. The SMILES string of the molecule is COc1cc2ncccc2cn1. The molecule has 0 radical (unpaired) electrons. The average molecular weight is 160 g/mol. The third-order valence-electron chi connectivity index (χ3n) is 1.67. The van der Waals surface area contributed by atoms with Crippen LogP contribution in [-0.2, 0) is 0 Å². The summed E-state index contributed by atoms with van der Waals surface area (Å²) >= 11 is 0. The fraction of sp³-hybridized carbons (Fsp3) is 0.111. The molecule has 2 rings (SSSR count). The van der Waals surface area contributed by atoms with Crippen LogP contribution in [0.25, 0.3) is 10.9 Å². The molecule has 0 aliphatic heterocycles. The van der Waals surface area contributed by atoms with Crippen molar-refractivity contribution in [2.24, 2.45) is 0 Å². The standard InChI is InChI=1S/C9H8N2O/c1-12-9-5-8-7(6-11-9)3-2-4-10-8/h2-6H,1H3. The second-order valence-electron chi connectivity index (χ2n) is 2.42. The van der Waals surface area contributed by atoms with Gasteiger partial charge in [0.25, 0.3) is 0 Å². The molecule has 0 saturated heterocycles. The van der Waals surface area contributed by atoms with Crippen LogP contribution in [0.4, 0.5) is 0 Å². The van der Waals surface area contributed by atoms with E-state index >= 15 is 0 Å². The summed E-state index contributed by atoms with van der Waals surface area (Å²) in [6, 6.07) is 5.67. The highest BCUT2D eigenvalue weighted by Crippen LogP contribution is 2.14. The number of aromatic nitrogens is 2. The first kappa shape index (κ1) is 7.03. The van der Waals surface area contributed by atoms with Gasteiger partial charge in [-0.3, -0.25) is 4.98 Å². The maximum Gasteiger partial charge on any atom is 0.215 e. The highest BCUT2D eigenvalue weighted by Gasteiger charge is 1.96. The highest BCUT2D eigenvalue weighted by atomic mass is 16.5. The molecule has 3 heteroatoms. The van der Waals surface area contributed by atoms with E-state index in [9.17, 15) is 0 Å². The molecule has 12 heavy (non-hydrogen) atoms. The monoisotopic (exact) mass is 160 g/mol. The Morgan fingerprint density at radius 1 is 1.33 bits per heavy atom. The molecule has 0 atom stereocenters. The molecule has 0 amide bonds. The lowest BCUT2D eigenvalue weighted by atomic mass is 10.3. The van der Waals surface area contributed by atoms with E-state index < -0.39 is 0 Å². The van der Waals surface area contributed by atoms with Gasteiger partial charge in [-0.25, -0.2) is 4.98 Å². The Morgan fingerprint density at radius 3 is 3.08 bits per heavy atom. The first-order valence-electron chi connectivity index (χ1n) is 3.65. The lowest BCUT2D eigenvalue weighted by Gasteiger charge is -1.98. The summed E-state index contributed by atoms with van der Waals surface area (Å²) in [5.41, 5.74) is 0.907. The molecule has 0 spiro atoms. The van der Waals surface area contributed by atoms with Gasteiger partial charge in [0.15, 0.2) is 0 Å². The van der Waals surface area contributed by atoms with Crippen molar-refractivity contribution in [1.29, 1.82) is 0 Å². The Balaban J connectivity index is 2.67. The van der Waals surface area contributed by atoms with E-state index in [1.165, 1.54) is 0 Å². The van der Waals surface area contributed by atoms with Crippen LogP contribution < -0.4 is 4.74 Å². The van der Waals surface area contributed by atoms with E-state index in [4.69, 9.17) is 4.74 Å². The number of rotatable bonds is 1. The summed E-state index contributed by atoms with van der Waals surface area (Å²) in [6.07, 6.45) is 3.50. The van der Waals surface area contributed by atoms with Crippen LogP contribution in [0, 0.1) is 0 Å². The Kier molecular flexibility index (Phi) is 1.63. The van der Waals surface area contributed by atoms with Crippen LogP contribution in [0.1, 0.15) is 0 Å². The number of hydrogen-bond acceptors (Lipinski definition) is 3. The van der Waals surface area contributed by atoms with Crippen LogP contribution in [0.2, 0.25) is 0 Å². The van der Waals surface area contributed by atoms with E-state index in [0.717, 1.165) is 10.9 Å². The predicted octanol–water partition coefficient (Wildman–Crippen LogP) is 1.64. The predicted molar refractivity (Wildman–Crippen MR) is 46.1 cm³/mol. The second-order valence-corrected chi connectivity index (χ2v) is 2.42. The molecular formula is C9H8N2O. The van der Waals surface area contributed by atoms with Gasteiger partial charge in [-0.2, -0.15) is 0 Å². The molecule has 0 aromatic carbocycles. The van der Waals surface area contributed by atoms with Crippen molar-refractivity contribution in [3.8, 4) is 5.88 Å². The average Bonchev–Trinajstić information content (AvgIpc) is 2.17. The van der Waals surface area contributed by atoms with E-state index in [1.54, 1.807) is 19.5 Å². The molecule has 0 bridgehead atoms. The van der Waals surface area contributed by atoms with Crippen molar-refractivity contribution in [1.82, 2.24) is 9.97 Å². The van der Waals surface area contributed by atoms with Gasteiger partial charge in [0, 0.05) is 23.8 Å². The normalized spacial score (nSPS) is 10.1. The van der Waals surface area contributed by atoms with Gasteiger partial charge in [-0.05, 0) is 12.1 Å². The Labute approximate surface area is 70.0 Å². The summed E-state index contributed by atoms with van der Waals surface area (Å²) in [4.78, 5) is 8.23. The van der Waals surface area contributed by atoms with Gasteiger partial charge in [-0.1, -0.05) is 0 Å². The number of methoxy groups -OCH3 is 1. The summed E-state index contributed by atoms with van der Waals surface area (Å²) < 4.78 is 4.97. The van der Waals surface area contributed by atoms with Crippen molar-refractivity contribution in [3.63, 3.8) is 0 Å². The minimum atomic E-state index is 0.598. The molecule has 2 heterocycles. The van der Waals surface area contributed by atoms with Crippen molar-refractivity contribution in [2.45, 2.75) is 0 Å². The minimum absolute atomic E-state index is 0.598. The fourth-order valence-corrected chi connectivity index (χ4v) is 1.06. The van der Waals surface area contributed by atoms with Gasteiger partial charge >= 0.3 is 0 Å². The van der Waals surface area contributed by atoms with Gasteiger partial charge in [-0.15, -0.1) is 0 Å². The molecule has 0 saturated carbocycles. The molecule has 2 aromatic heterocycles. The highest BCUT2D eigenvalue weighted by molar-refractivity contribution is 5.77. The topological polar surface area (TPSA) is 35.0 Å². The van der Waals surface area contributed by atoms with Crippen molar-refractivity contribution in [3.05, 3.63) is 30.6 Å². The lowest BCUT2D eigenvalue weighted by Crippen LogP contribution is -1.87. The molecule has 0 aliphatic carbocycles. The fourth-order valence-electron chi connectivity index (χ4n) is 1.06. The zero-order chi connectivity index (χ0) is 8.39. The molecule has 60 valence electrons. The minimum Gasteiger partial charge on any atom is -0.481 e. The summed E-state index contributed by atoms with van der Waals surface area (Å²) in [5, 5.41) is 1.03. The summed E-state index contributed by atoms with van der Waals surface area (Å²) in [6.45, 7) is 0. The number of nitrogens with zero attached hydrogens (tertiary/aromatic N) is 2. The van der Waals surface area contributed by atoms with Gasteiger partial charge in [0.1, 0.15) is 0 Å². The Morgan fingerprint density at radius 2 is 2.25 bits per heavy atom. The lowest BCUT2D eigenvalue weighted by molar-refractivity contribution is 0.398. The zero-order valence-electron chi connectivity index (χ0n) is 6.69. The molecule has 2 aromatic rings. The Bertz CT molecular complexity index is 400. The van der Waals surface area contributed by atoms with Gasteiger partial charge in [0.2, 0.25) is 5.88 Å². The van der Waals surface area contributed by atoms with E-state index in [1.807, 2.05) is 18.2 Å². The third kappa shape index (κ3) is 1.09. The number of pyridine rings is 2. The second kappa shape index (κ2) is 2.77. The van der Waals surface area contributed by atoms with E-state index in [0.29, 0.717) is 5.88 Å². The van der Waals surface area contributed by atoms with Crippen molar-refractivity contribution < 1.29 is 4.74 Å². The zero-order valence-corrected chi connectivity index (χ0v) is 6.69. The summed E-state index contributed by atoms with van der Waals surface area (Å²) in [5.74, 6) is 0.598. The van der Waals surface area contributed by atoms with Crippen molar-refractivity contribution in [2.75, 3.05) is 7.11 Å². The van der Waals surface area contributed by atoms with Crippen LogP contribution in [0.15, 0.2) is 30.6 Å². The van der Waals surface area contributed by atoms with Crippen LogP contribution in [-0.4, -0.2) is 17.1 Å². The largest absolute Gasteiger partial charge is 0.481 e. The van der Waals surface area contributed by atoms with Gasteiger partial charge < -0.3 is 4.74 Å².